The van der Waals surface area contributed by atoms with E-state index in [2.05, 4.69) is 354 Å². The molecule has 11 aromatic carbocycles. The zero-order chi connectivity index (χ0) is 111. The highest BCUT2D eigenvalue weighted by molar-refractivity contribution is 5.99. The second-order valence-corrected chi connectivity index (χ2v) is 47.8. The van der Waals surface area contributed by atoms with Crippen LogP contribution in [0.3, 0.4) is 0 Å². The van der Waals surface area contributed by atoms with Crippen LogP contribution in [0.25, 0.3) is 121 Å². The van der Waals surface area contributed by atoms with Crippen LogP contribution in [0.4, 0.5) is 0 Å². The first kappa shape index (κ1) is 98.2. The number of nitrogens with zero attached hydrogens (tertiary/aromatic N) is 5. The fourth-order valence-electron chi connectivity index (χ4n) is 26.2. The largest absolute Gasteiger partial charge is 0.220 e. The molecule has 6 aliphatic carbocycles. The van der Waals surface area contributed by atoms with Crippen LogP contribution in [0.1, 0.15) is 435 Å². The molecule has 5 nitrogen and oxygen atoms in total. The number of benzene rings is 11. The van der Waals surface area contributed by atoms with Gasteiger partial charge in [0.2, 0.25) is 28.5 Å². The molecule has 0 unspecified atom stereocenters. The predicted octanol–water partition coefficient (Wildman–Crippen LogP) is 38.2. The van der Waals surface area contributed by atoms with Crippen molar-refractivity contribution in [2.45, 2.75) is 376 Å². The van der Waals surface area contributed by atoms with Crippen molar-refractivity contribution in [3.63, 3.8) is 0 Å². The molecular weight excluding hydrogens is 1800 g/mol. The summed E-state index contributed by atoms with van der Waals surface area (Å²) in [6, 6.07) is 75.0. The summed E-state index contributed by atoms with van der Waals surface area (Å²) in [7, 11) is 10.3. The molecule has 0 saturated heterocycles. The highest BCUT2D eigenvalue weighted by atomic mass is 15.0. The molecule has 0 amide bonds. The van der Waals surface area contributed by atoms with E-state index in [1.165, 1.54) is 330 Å². The third kappa shape index (κ3) is 23.6. The molecule has 5 heteroatoms. The lowest BCUT2D eigenvalue weighted by molar-refractivity contribution is -0.665. The third-order valence-electron chi connectivity index (χ3n) is 36.1. The summed E-state index contributed by atoms with van der Waals surface area (Å²) in [6.07, 6.45) is 37.9. The summed E-state index contributed by atoms with van der Waals surface area (Å²) in [5, 5.41) is 10.7. The Morgan fingerprint density at radius 3 is 0.866 bits per heavy atom. The predicted molar refractivity (Wildman–Crippen MR) is 637 cm³/mol. The van der Waals surface area contributed by atoms with Gasteiger partial charge in [-0.2, -0.15) is 13.7 Å². The van der Waals surface area contributed by atoms with Gasteiger partial charge in [-0.3, -0.25) is 0 Å². The summed E-state index contributed by atoms with van der Waals surface area (Å²) in [5.74, 6) is 6.21. The zero-order valence-corrected chi connectivity index (χ0v) is 95.4. The normalized spacial score (nSPS) is 16.5. The average Bonchev–Trinajstić information content (AvgIpc) is 1.34. The van der Waals surface area contributed by atoms with E-state index in [4.69, 9.17) is 9.60 Å². The van der Waals surface area contributed by atoms with Gasteiger partial charge in [-0.05, 0) is 377 Å². The van der Waals surface area contributed by atoms with E-state index in [-0.39, 0.29) is 0 Å². The van der Waals surface area contributed by atoms with Crippen molar-refractivity contribution in [3.8, 4) is 67.4 Å². The minimum atomic E-state index is 0.298. The van der Waals surface area contributed by atoms with Crippen molar-refractivity contribution in [3.05, 3.63) is 348 Å². The van der Waals surface area contributed by atoms with Crippen LogP contribution in [0.5, 0.6) is 0 Å². The second-order valence-electron chi connectivity index (χ2n) is 47.8. The number of aromatic nitrogens is 5. The van der Waals surface area contributed by atoms with Crippen LogP contribution in [0.15, 0.2) is 237 Å². The first-order valence-corrected chi connectivity index (χ1v) is 58.1. The molecule has 5 heterocycles. The maximum Gasteiger partial charge on any atom is 0.220 e. The van der Waals surface area contributed by atoms with Gasteiger partial charge in [0.05, 0.1) is 56.0 Å². The van der Waals surface area contributed by atoms with Crippen LogP contribution in [-0.4, -0.2) is 0 Å². The highest BCUT2D eigenvalue weighted by Gasteiger charge is 2.34. The summed E-state index contributed by atoms with van der Waals surface area (Å²) >= 11 is 0. The van der Waals surface area contributed by atoms with E-state index in [9.17, 15) is 0 Å². The average molecular weight is 1990 g/mol. The van der Waals surface area contributed by atoms with Gasteiger partial charge >= 0.3 is 0 Å². The Morgan fingerprint density at radius 2 is 0.517 bits per heavy atom. The molecule has 774 valence electrons. The Morgan fingerprint density at radius 1 is 0.235 bits per heavy atom. The first-order chi connectivity index (χ1) is 74.8. The van der Waals surface area contributed by atoms with Crippen molar-refractivity contribution in [1.82, 2.24) is 0 Å². The maximum absolute atomic E-state index is 8.84. The first-order valence-electron chi connectivity index (χ1n) is 61.6. The van der Waals surface area contributed by atoms with Crippen molar-refractivity contribution in [2.75, 3.05) is 0 Å². The zero-order valence-electron chi connectivity index (χ0n) is 102. The highest BCUT2D eigenvalue weighted by Crippen LogP contribution is 2.49. The topological polar surface area (TPSA) is 19.4 Å². The molecule has 6 saturated carbocycles. The fourth-order valence-corrected chi connectivity index (χ4v) is 26.2. The van der Waals surface area contributed by atoms with Gasteiger partial charge in [-0.25, -0.2) is 9.13 Å². The lowest BCUT2D eigenvalue weighted by atomic mass is 9.76. The van der Waals surface area contributed by atoms with Crippen LogP contribution in [0, 0.1) is 62.3 Å². The molecule has 0 N–H and O–H groups in total. The van der Waals surface area contributed by atoms with Crippen molar-refractivity contribution in [1.29, 1.82) is 0 Å². The van der Waals surface area contributed by atoms with Crippen molar-refractivity contribution >= 4 is 53.9 Å². The Labute approximate surface area is 907 Å². The SMILES string of the molecule is [2H]c1c(C)[n+](C)c(-c2cc(-c3ccccc3)ccc2C)c2ccc(C(C)C)cc12.[2H]c1c(C)[n+](C)c(-c2cc(C3CCCCC3)cc(C)c2C)c2ccc(C(C)C)cc12.[2H]c1c(C)[n+](C)c(-c2cc(C3CCCCC3)ccc2C)c2ccc(C(C)C)cc12.[2H]c1c([2H])[n+](C)c(-c2cc(C3CCCC3)cc(C3CCCC3)c2C)c2ccc(C(C)C)cc12.[2H]c1c([2H])[n+](C)c(-c2cc(C3CCCCC3)cc(C3CCCCC3)c2C)c2ccc(C(C)C)cc12. The van der Waals surface area contributed by atoms with Gasteiger partial charge < -0.3 is 0 Å². The quantitative estimate of drug-likeness (QED) is 0.0810. The van der Waals surface area contributed by atoms with Gasteiger partial charge in [-0.1, -0.05) is 305 Å². The summed E-state index contributed by atoms with van der Waals surface area (Å²) < 4.78 is 72.0. The van der Waals surface area contributed by atoms with Crippen LogP contribution in [0.2, 0.25) is 0 Å². The standard InChI is InChI=1S/C32H42N.C30H38N.C28H36N.C27H34N.C27H28N/c1-22(2)26-15-16-29-27(19-26)17-18-33(4)32(29)31-21-28(24-11-7-5-8-12-24)20-30(23(31)3)25-13-9-6-10-14-25;1-20(2)24-13-14-27-25(17-24)15-16-31(4)30(27)29-19-26(22-9-5-6-10-22)18-28(21(29)3)23-11-7-8-12-23;1-18(2)23-12-13-26-25(16-23)15-20(4)29(6)28(26)27-17-24(14-19(3)21(27)5)22-10-8-7-9-11-22;2*1-18(2)22-13-14-25-24(16-22)15-20(4)28(5)27(25)26-17-23(12-11-19(26)3)21-9-7-6-8-10-21/h15-22,24-25H,5-14H2,1-4H3;13-20,22-23H,5-12H2,1-4H3;12-18,22H,7-11H2,1-6H3;11-18,21H,6-10H2,1-5H3;6-18H,1-5H3/q5*+1/i17D,18D;15D,16D;3*15D. The summed E-state index contributed by atoms with van der Waals surface area (Å²) in [5.41, 5.74) is 41.3. The van der Waals surface area contributed by atoms with E-state index in [1.807, 2.05) is 30.2 Å². The van der Waals surface area contributed by atoms with Gasteiger partial charge in [0.1, 0.15) is 38.0 Å². The van der Waals surface area contributed by atoms with E-state index < -0.39 is 0 Å². The number of pyridine rings is 5. The van der Waals surface area contributed by atoms with Gasteiger partial charge in [0.15, 0.2) is 29.4 Å². The maximum atomic E-state index is 8.84. The Bertz CT molecular complexity index is 7960. The third-order valence-corrected chi connectivity index (χ3v) is 36.1. The number of fused-ring (bicyclic) bond motifs is 5. The monoisotopic (exact) mass is 1980 g/mol. The molecular formula is C144H178N5+5. The van der Waals surface area contributed by atoms with Gasteiger partial charge in [-0.15, -0.1) is 0 Å². The lowest BCUT2D eigenvalue weighted by Gasteiger charge is -2.28. The van der Waals surface area contributed by atoms with Crippen LogP contribution >= 0.6 is 0 Å². The molecule has 6 fully saturated rings. The molecule has 22 rings (SSSR count). The smallest absolute Gasteiger partial charge is 0.200 e. The minimum Gasteiger partial charge on any atom is -0.200 e. The van der Waals surface area contributed by atoms with Crippen molar-refractivity contribution < 1.29 is 32.4 Å². The Kier molecular flexibility index (Phi) is 31.3. The number of hydrogen-bond acceptors (Lipinski definition) is 0. The number of hydrogen-bond donors (Lipinski definition) is 0. The summed E-state index contributed by atoms with van der Waals surface area (Å²) in [6.45, 7) is 41.8. The fraction of sp³-hybridized carbons (Fsp3) is 0.438. The molecule has 0 atom stereocenters. The van der Waals surface area contributed by atoms with Crippen LogP contribution in [-0.2, 0) is 35.2 Å². The summed E-state index contributed by atoms with van der Waals surface area (Å²) in [4.78, 5) is 0. The van der Waals surface area contributed by atoms with Crippen LogP contribution < -0.4 is 22.8 Å². The molecule has 5 aromatic heterocycles. The molecule has 16 aromatic rings. The van der Waals surface area contributed by atoms with Gasteiger partial charge in [0, 0.05) is 56.5 Å². The van der Waals surface area contributed by atoms with E-state index in [1.54, 1.807) is 11.1 Å². The van der Waals surface area contributed by atoms with E-state index >= 15 is 0 Å². The minimum absolute atomic E-state index is 0.298. The Balaban J connectivity index is 0.000000126. The lowest BCUT2D eigenvalue weighted by Crippen LogP contribution is -2.35. The van der Waals surface area contributed by atoms with E-state index in [0.29, 0.717) is 108 Å². The molecule has 6 aliphatic rings. The number of rotatable bonds is 17. The van der Waals surface area contributed by atoms with E-state index in [0.717, 1.165) is 71.6 Å². The second kappa shape index (κ2) is 47.6. The molecule has 0 spiro atoms. The Hall–Kier alpha value is -11.5. The molecule has 0 bridgehead atoms. The van der Waals surface area contributed by atoms with Gasteiger partial charge in [0.25, 0.3) is 0 Å². The molecule has 0 aliphatic heterocycles. The van der Waals surface area contributed by atoms with Crippen molar-refractivity contribution in [2.24, 2.45) is 35.2 Å². The molecule has 149 heavy (non-hydrogen) atoms. The number of aryl methyl sites for hydroxylation is 3. The molecule has 0 radical (unpaired) electrons.